The van der Waals surface area contributed by atoms with Crippen LogP contribution in [0.25, 0.3) is 0 Å². The van der Waals surface area contributed by atoms with Crippen LogP contribution in [-0.2, 0) is 9.47 Å². The monoisotopic (exact) mass is 389 g/mol. The van der Waals surface area contributed by atoms with Crippen LogP contribution in [0.2, 0.25) is 0 Å². The maximum absolute atomic E-state index is 10.3. The van der Waals surface area contributed by atoms with E-state index in [9.17, 15) is 10.2 Å². The largest absolute Gasteiger partial charge is 0.395 e. The lowest BCUT2D eigenvalue weighted by molar-refractivity contribution is -0.0300. The molecule has 0 aromatic rings. The van der Waals surface area contributed by atoms with Crippen molar-refractivity contribution in [2.45, 2.75) is 96.1 Å². The van der Waals surface area contributed by atoms with Crippen molar-refractivity contribution in [1.82, 2.24) is 4.90 Å². The Balaban J connectivity index is 3.51. The Morgan fingerprint density at radius 3 is 1.89 bits per heavy atom. The Hall–Kier alpha value is -0.200. The third-order valence-corrected chi connectivity index (χ3v) is 5.24. The lowest BCUT2D eigenvalue weighted by Crippen LogP contribution is -2.46. The number of aliphatic hydroxyl groups is 2. The molecule has 0 fully saturated rings. The normalized spacial score (nSPS) is 14.0. The van der Waals surface area contributed by atoms with Gasteiger partial charge in [-0.1, -0.05) is 71.1 Å². The van der Waals surface area contributed by atoms with E-state index in [0.717, 1.165) is 19.4 Å². The van der Waals surface area contributed by atoms with Gasteiger partial charge in [-0.3, -0.25) is 4.90 Å². The molecule has 0 aliphatic rings. The molecule has 2 N–H and O–H groups in total. The molecule has 0 aliphatic heterocycles. The minimum atomic E-state index is -0.657. The van der Waals surface area contributed by atoms with Crippen molar-refractivity contribution in [2.24, 2.45) is 0 Å². The minimum Gasteiger partial charge on any atom is -0.395 e. The van der Waals surface area contributed by atoms with E-state index in [1.54, 1.807) is 7.11 Å². The molecule has 0 saturated carbocycles. The van der Waals surface area contributed by atoms with E-state index in [4.69, 9.17) is 9.47 Å². The summed E-state index contributed by atoms with van der Waals surface area (Å²) < 4.78 is 10.7. The summed E-state index contributed by atoms with van der Waals surface area (Å²) in [6.45, 7) is 4.66. The fraction of sp³-hybridized carbons (Fsp3) is 1.00. The van der Waals surface area contributed by atoms with Crippen molar-refractivity contribution in [3.63, 3.8) is 0 Å². The molecule has 0 radical (unpaired) electrons. The van der Waals surface area contributed by atoms with Crippen molar-refractivity contribution >= 4 is 0 Å². The highest BCUT2D eigenvalue weighted by Crippen LogP contribution is 2.11. The number of unbranched alkanes of at least 4 members (excludes halogenated alkanes) is 10. The molecule has 0 bridgehead atoms. The fourth-order valence-electron chi connectivity index (χ4n) is 3.36. The van der Waals surface area contributed by atoms with Crippen LogP contribution in [0.15, 0.2) is 0 Å². The second-order valence-electron chi connectivity index (χ2n) is 7.75. The summed E-state index contributed by atoms with van der Waals surface area (Å²) in [7, 11) is 3.60. The molecule has 2 atom stereocenters. The lowest BCUT2D eigenvalue weighted by atomic mass is 10.1. The third kappa shape index (κ3) is 16.5. The number of hydrogen-bond acceptors (Lipinski definition) is 5. The van der Waals surface area contributed by atoms with Crippen LogP contribution < -0.4 is 0 Å². The number of nitrogens with zero attached hydrogens (tertiary/aromatic N) is 1. The fourth-order valence-corrected chi connectivity index (χ4v) is 3.36. The van der Waals surface area contributed by atoms with E-state index in [2.05, 4.69) is 6.92 Å². The Morgan fingerprint density at radius 1 is 0.815 bits per heavy atom. The smallest absolute Gasteiger partial charge is 0.0950 e. The van der Waals surface area contributed by atoms with Gasteiger partial charge in [-0.2, -0.15) is 0 Å². The molecule has 0 saturated heterocycles. The molecule has 5 nitrogen and oxygen atoms in total. The minimum absolute atomic E-state index is 0.0630. The first-order valence-corrected chi connectivity index (χ1v) is 11.2. The summed E-state index contributed by atoms with van der Waals surface area (Å²) in [5.41, 5.74) is 0. The zero-order valence-corrected chi connectivity index (χ0v) is 18.3. The van der Waals surface area contributed by atoms with Crippen molar-refractivity contribution < 1.29 is 19.7 Å². The maximum Gasteiger partial charge on any atom is 0.0950 e. The van der Waals surface area contributed by atoms with Crippen molar-refractivity contribution in [2.75, 3.05) is 47.1 Å². The number of ether oxygens (including phenoxy) is 2. The first kappa shape index (κ1) is 26.8. The highest BCUT2D eigenvalue weighted by Gasteiger charge is 2.22. The van der Waals surface area contributed by atoms with Gasteiger partial charge in [-0.25, -0.2) is 0 Å². The molecule has 0 spiro atoms. The second-order valence-corrected chi connectivity index (χ2v) is 7.75. The van der Waals surface area contributed by atoms with E-state index in [0.29, 0.717) is 13.2 Å². The molecule has 27 heavy (non-hydrogen) atoms. The number of likely N-dealkylation sites (N-methyl/N-ethyl adjacent to an activating group) is 1. The molecule has 0 aliphatic carbocycles. The molecule has 5 heteroatoms. The summed E-state index contributed by atoms with van der Waals surface area (Å²) in [4.78, 5) is 1.98. The first-order chi connectivity index (χ1) is 13.2. The van der Waals surface area contributed by atoms with E-state index < -0.39 is 6.10 Å². The lowest BCUT2D eigenvalue weighted by Gasteiger charge is -2.30. The molecule has 164 valence electrons. The first-order valence-electron chi connectivity index (χ1n) is 11.2. The molecule has 2 unspecified atom stereocenters. The van der Waals surface area contributed by atoms with Gasteiger partial charge < -0.3 is 19.7 Å². The number of aliphatic hydroxyl groups excluding tert-OH is 2. The zero-order valence-electron chi connectivity index (χ0n) is 18.3. The van der Waals surface area contributed by atoms with Gasteiger partial charge >= 0.3 is 0 Å². The average molecular weight is 390 g/mol. The van der Waals surface area contributed by atoms with Crippen molar-refractivity contribution in [3.05, 3.63) is 0 Å². The van der Waals surface area contributed by atoms with Gasteiger partial charge in [-0.05, 0) is 19.9 Å². The topological polar surface area (TPSA) is 62.2 Å². The summed E-state index contributed by atoms with van der Waals surface area (Å²) in [5.74, 6) is 0. The van der Waals surface area contributed by atoms with Gasteiger partial charge in [0.25, 0.3) is 0 Å². The number of hydrogen-bond donors (Lipinski definition) is 2. The Bertz CT molecular complexity index is 291. The Morgan fingerprint density at radius 2 is 1.37 bits per heavy atom. The van der Waals surface area contributed by atoms with Crippen LogP contribution in [0.5, 0.6) is 0 Å². The standard InChI is InChI=1S/C22H47NO4/c1-4-5-6-7-8-9-10-11-12-13-14-18-27-20-22(25)21(19-24)23(2)16-15-17-26-3/h21-22,24-25H,4-20H2,1-3H3. The molecule has 0 amide bonds. The zero-order chi connectivity index (χ0) is 20.2. The molecule has 0 heterocycles. The maximum atomic E-state index is 10.3. The average Bonchev–Trinajstić information content (AvgIpc) is 2.66. The SMILES string of the molecule is CCCCCCCCCCCCCOCC(O)C(CO)N(C)CCCOC. The van der Waals surface area contributed by atoms with Gasteiger partial charge in [0.15, 0.2) is 0 Å². The summed E-state index contributed by atoms with van der Waals surface area (Å²) in [6.07, 6.45) is 14.7. The van der Waals surface area contributed by atoms with Gasteiger partial charge in [0.05, 0.1) is 25.4 Å². The van der Waals surface area contributed by atoms with Gasteiger partial charge in [0.2, 0.25) is 0 Å². The van der Waals surface area contributed by atoms with Crippen LogP contribution in [0.4, 0.5) is 0 Å². The van der Waals surface area contributed by atoms with E-state index in [-0.39, 0.29) is 19.3 Å². The van der Waals surface area contributed by atoms with E-state index in [1.807, 2.05) is 11.9 Å². The molecular weight excluding hydrogens is 342 g/mol. The summed E-state index contributed by atoms with van der Waals surface area (Å²) in [5, 5.41) is 19.8. The van der Waals surface area contributed by atoms with Crippen LogP contribution in [0, 0.1) is 0 Å². The molecule has 0 rings (SSSR count). The highest BCUT2D eigenvalue weighted by molar-refractivity contribution is 4.76. The predicted octanol–water partition coefficient (Wildman–Crippen LogP) is 4.00. The summed E-state index contributed by atoms with van der Waals surface area (Å²) >= 11 is 0. The number of methoxy groups -OCH3 is 1. The highest BCUT2D eigenvalue weighted by atomic mass is 16.5. The van der Waals surface area contributed by atoms with Crippen LogP contribution in [0.3, 0.4) is 0 Å². The van der Waals surface area contributed by atoms with Crippen LogP contribution in [0.1, 0.15) is 84.0 Å². The second kappa shape index (κ2) is 20.5. The Kier molecular flexibility index (Phi) is 20.4. The summed E-state index contributed by atoms with van der Waals surface area (Å²) in [6, 6.07) is -0.279. The van der Waals surface area contributed by atoms with Crippen LogP contribution in [-0.4, -0.2) is 74.4 Å². The third-order valence-electron chi connectivity index (χ3n) is 5.24. The van der Waals surface area contributed by atoms with E-state index >= 15 is 0 Å². The van der Waals surface area contributed by atoms with Crippen LogP contribution >= 0.6 is 0 Å². The Labute approximate surface area is 168 Å². The van der Waals surface area contributed by atoms with Gasteiger partial charge in [0.1, 0.15) is 0 Å². The molecule has 0 aromatic heterocycles. The van der Waals surface area contributed by atoms with Gasteiger partial charge in [0, 0.05) is 26.9 Å². The van der Waals surface area contributed by atoms with Gasteiger partial charge in [-0.15, -0.1) is 0 Å². The predicted molar refractivity (Wildman–Crippen MR) is 113 cm³/mol. The number of rotatable bonds is 21. The van der Waals surface area contributed by atoms with Crippen molar-refractivity contribution in [1.29, 1.82) is 0 Å². The molecule has 0 aromatic carbocycles. The quantitative estimate of drug-likeness (QED) is 0.291. The van der Waals surface area contributed by atoms with Crippen molar-refractivity contribution in [3.8, 4) is 0 Å². The molecular formula is C22H47NO4. The van der Waals surface area contributed by atoms with E-state index in [1.165, 1.54) is 64.2 Å².